The number of amides is 2. The van der Waals surface area contributed by atoms with Gasteiger partial charge in [0.2, 0.25) is 5.91 Å². The van der Waals surface area contributed by atoms with E-state index in [1.807, 2.05) is 10.3 Å². The Kier molecular flexibility index (Phi) is 5.22. The number of nitrogens with zero attached hydrogens (tertiary/aromatic N) is 2. The number of carbonyl (C=O) groups excluding carboxylic acids is 3. The SMILES string of the molecule is O=C(Nc1nc2c(s1)C(=O)C[C@@H](C(=O)N1CCC3(C=Cc4ccccc43)CC1)C2)c1ccsc1. The minimum absolute atomic E-state index is 0.0212. The van der Waals surface area contributed by atoms with Crippen molar-refractivity contribution in [2.75, 3.05) is 18.4 Å². The number of Topliss-reactive ketones (excluding diaryl/α,β-unsaturated/α-hetero) is 1. The Morgan fingerprint density at radius 2 is 1.94 bits per heavy atom. The minimum atomic E-state index is -0.386. The minimum Gasteiger partial charge on any atom is -0.342 e. The maximum atomic E-state index is 13.4. The molecule has 1 N–H and O–H groups in total. The van der Waals surface area contributed by atoms with Crippen LogP contribution in [-0.4, -0.2) is 40.6 Å². The van der Waals surface area contributed by atoms with Crippen LogP contribution in [0, 0.1) is 5.92 Å². The number of piperidine rings is 1. The zero-order valence-electron chi connectivity index (χ0n) is 18.5. The van der Waals surface area contributed by atoms with E-state index in [-0.39, 0.29) is 35.4 Å². The van der Waals surface area contributed by atoms with Crippen LogP contribution in [-0.2, 0) is 16.6 Å². The van der Waals surface area contributed by atoms with Crippen LogP contribution in [0.5, 0.6) is 0 Å². The molecule has 3 aliphatic rings. The molecule has 1 fully saturated rings. The molecule has 8 heteroatoms. The number of nitrogens with one attached hydrogen (secondary N) is 1. The van der Waals surface area contributed by atoms with Gasteiger partial charge in [0.1, 0.15) is 0 Å². The van der Waals surface area contributed by atoms with Gasteiger partial charge in [-0.1, -0.05) is 47.8 Å². The fraction of sp³-hybridized carbons (Fsp3) is 0.308. The average Bonchev–Trinajstić information content (AvgIpc) is 3.59. The predicted molar refractivity (Wildman–Crippen MR) is 133 cm³/mol. The van der Waals surface area contributed by atoms with Crippen molar-refractivity contribution in [3.8, 4) is 0 Å². The van der Waals surface area contributed by atoms with E-state index in [4.69, 9.17) is 0 Å². The fourth-order valence-electron chi connectivity index (χ4n) is 5.38. The molecule has 6 rings (SSSR count). The van der Waals surface area contributed by atoms with E-state index in [1.54, 1.807) is 11.4 Å². The first kappa shape index (κ1) is 21.4. The van der Waals surface area contributed by atoms with Crippen LogP contribution >= 0.6 is 22.7 Å². The van der Waals surface area contributed by atoms with E-state index in [9.17, 15) is 14.4 Å². The Morgan fingerprint density at radius 1 is 1.12 bits per heavy atom. The summed E-state index contributed by atoms with van der Waals surface area (Å²) in [6.07, 6.45) is 6.94. The number of fused-ring (bicyclic) bond motifs is 3. The van der Waals surface area contributed by atoms with Crippen LogP contribution in [0.2, 0.25) is 0 Å². The van der Waals surface area contributed by atoms with Crippen molar-refractivity contribution in [3.05, 3.63) is 74.4 Å². The van der Waals surface area contributed by atoms with Crippen molar-refractivity contribution in [3.63, 3.8) is 0 Å². The number of ketones is 1. The Balaban J connectivity index is 1.13. The molecule has 0 unspecified atom stereocenters. The van der Waals surface area contributed by atoms with E-state index in [0.717, 1.165) is 12.8 Å². The van der Waals surface area contributed by atoms with Gasteiger partial charge in [-0.2, -0.15) is 11.3 Å². The second-order valence-electron chi connectivity index (χ2n) is 9.19. The van der Waals surface area contributed by atoms with Crippen LogP contribution < -0.4 is 5.32 Å². The second kappa shape index (κ2) is 8.29. The number of allylic oxidation sites excluding steroid dienone is 1. The zero-order chi connectivity index (χ0) is 23.3. The zero-order valence-corrected chi connectivity index (χ0v) is 20.1. The molecule has 3 aromatic rings. The lowest BCUT2D eigenvalue weighted by Gasteiger charge is -2.40. The number of aromatic nitrogens is 1. The highest BCUT2D eigenvalue weighted by atomic mass is 32.1. The number of thiophene rings is 1. The lowest BCUT2D eigenvalue weighted by Crippen LogP contribution is -2.47. The molecule has 3 heterocycles. The molecule has 1 aromatic carbocycles. The Labute approximate surface area is 205 Å². The molecule has 1 saturated heterocycles. The summed E-state index contributed by atoms with van der Waals surface area (Å²) < 4.78 is 0. The molecule has 2 amide bonds. The van der Waals surface area contributed by atoms with Gasteiger partial charge in [0, 0.05) is 36.7 Å². The maximum absolute atomic E-state index is 13.4. The number of carbonyl (C=O) groups is 3. The molecule has 2 aliphatic carbocycles. The van der Waals surface area contributed by atoms with Gasteiger partial charge in [0.05, 0.1) is 22.1 Å². The maximum Gasteiger partial charge on any atom is 0.258 e. The second-order valence-corrected chi connectivity index (χ2v) is 11.0. The standard InChI is InChI=1S/C26H23N3O3S2/c30-21-14-18(13-20-22(21)34-25(27-20)28-23(31)17-6-12-33-15-17)24(32)29-10-8-26(9-11-29)7-5-16-3-1-2-4-19(16)26/h1-7,12,15,18H,8-11,13-14H2,(H,27,28,31)/t18-/m0/s1. The third kappa shape index (κ3) is 3.61. The number of likely N-dealkylation sites (tertiary alicyclic amines) is 1. The third-order valence-electron chi connectivity index (χ3n) is 7.22. The molecule has 1 atom stereocenters. The predicted octanol–water partition coefficient (Wildman–Crippen LogP) is 4.79. The topological polar surface area (TPSA) is 79.4 Å². The molecular formula is C26H23N3O3S2. The van der Waals surface area contributed by atoms with Crippen LogP contribution in [0.3, 0.4) is 0 Å². The summed E-state index contributed by atoms with van der Waals surface area (Å²) >= 11 is 2.65. The summed E-state index contributed by atoms with van der Waals surface area (Å²) in [5.74, 6) is -0.643. The van der Waals surface area contributed by atoms with Gasteiger partial charge in [0.15, 0.2) is 10.9 Å². The quantitative estimate of drug-likeness (QED) is 0.574. The lowest BCUT2D eigenvalue weighted by molar-refractivity contribution is -0.137. The Hall–Kier alpha value is -3.10. The summed E-state index contributed by atoms with van der Waals surface area (Å²) in [6.45, 7) is 1.38. The number of anilines is 1. The molecule has 1 spiro atoms. The third-order valence-corrected chi connectivity index (χ3v) is 8.96. The van der Waals surface area contributed by atoms with Crippen molar-refractivity contribution in [1.29, 1.82) is 0 Å². The first-order valence-corrected chi connectivity index (χ1v) is 13.2. The van der Waals surface area contributed by atoms with Crippen LogP contribution in [0.1, 0.15) is 56.1 Å². The fourth-order valence-corrected chi connectivity index (χ4v) is 6.95. The molecule has 0 saturated carbocycles. The van der Waals surface area contributed by atoms with Crippen molar-refractivity contribution in [1.82, 2.24) is 9.88 Å². The first-order valence-electron chi connectivity index (χ1n) is 11.5. The van der Waals surface area contributed by atoms with Gasteiger partial charge >= 0.3 is 0 Å². The van der Waals surface area contributed by atoms with E-state index < -0.39 is 0 Å². The Morgan fingerprint density at radius 3 is 2.74 bits per heavy atom. The number of hydrogen-bond donors (Lipinski definition) is 1. The van der Waals surface area contributed by atoms with Gasteiger partial charge in [-0.25, -0.2) is 4.98 Å². The molecular weight excluding hydrogens is 466 g/mol. The lowest BCUT2D eigenvalue weighted by atomic mass is 9.74. The smallest absolute Gasteiger partial charge is 0.258 e. The van der Waals surface area contributed by atoms with Gasteiger partial charge in [0.25, 0.3) is 5.91 Å². The Bertz CT molecular complexity index is 1320. The molecule has 172 valence electrons. The highest BCUT2D eigenvalue weighted by Gasteiger charge is 2.41. The van der Waals surface area contributed by atoms with E-state index in [0.29, 0.717) is 40.8 Å². The molecule has 0 radical (unpaired) electrons. The molecule has 34 heavy (non-hydrogen) atoms. The number of rotatable bonds is 3. The first-order chi connectivity index (χ1) is 16.5. The van der Waals surface area contributed by atoms with Crippen LogP contribution in [0.4, 0.5) is 5.13 Å². The summed E-state index contributed by atoms with van der Waals surface area (Å²) in [7, 11) is 0. The van der Waals surface area contributed by atoms with Gasteiger partial charge < -0.3 is 4.90 Å². The van der Waals surface area contributed by atoms with Gasteiger partial charge in [-0.3, -0.25) is 19.7 Å². The highest BCUT2D eigenvalue weighted by Crippen LogP contribution is 2.44. The molecule has 1 aliphatic heterocycles. The summed E-state index contributed by atoms with van der Waals surface area (Å²) in [5.41, 5.74) is 3.85. The summed E-state index contributed by atoms with van der Waals surface area (Å²) in [6, 6.07) is 10.2. The normalized spacial score (nSPS) is 20.3. The summed E-state index contributed by atoms with van der Waals surface area (Å²) in [5, 5.41) is 6.81. The van der Waals surface area contributed by atoms with Gasteiger partial charge in [-0.15, -0.1) is 0 Å². The molecule has 0 bridgehead atoms. The number of thiazole rings is 1. The van der Waals surface area contributed by atoms with E-state index in [1.165, 1.54) is 33.8 Å². The van der Waals surface area contributed by atoms with Crippen LogP contribution in [0.15, 0.2) is 47.2 Å². The van der Waals surface area contributed by atoms with E-state index >= 15 is 0 Å². The average molecular weight is 490 g/mol. The summed E-state index contributed by atoms with van der Waals surface area (Å²) in [4.78, 5) is 45.5. The van der Waals surface area contributed by atoms with Gasteiger partial charge in [-0.05, 0) is 35.4 Å². The largest absolute Gasteiger partial charge is 0.342 e. The number of hydrogen-bond acceptors (Lipinski definition) is 6. The monoisotopic (exact) mass is 489 g/mol. The van der Waals surface area contributed by atoms with Crippen molar-refractivity contribution in [2.24, 2.45) is 5.92 Å². The van der Waals surface area contributed by atoms with Crippen molar-refractivity contribution < 1.29 is 14.4 Å². The van der Waals surface area contributed by atoms with Crippen molar-refractivity contribution in [2.45, 2.75) is 31.1 Å². The molecule has 6 nitrogen and oxygen atoms in total. The molecule has 2 aromatic heterocycles. The van der Waals surface area contributed by atoms with Crippen LogP contribution in [0.25, 0.3) is 6.08 Å². The van der Waals surface area contributed by atoms with E-state index in [2.05, 4.69) is 46.7 Å². The highest BCUT2D eigenvalue weighted by molar-refractivity contribution is 7.17. The number of benzene rings is 1. The van der Waals surface area contributed by atoms with Crippen molar-refractivity contribution >= 4 is 51.5 Å².